The maximum Gasteiger partial charge on any atom is 0.306 e. The highest BCUT2D eigenvalue weighted by molar-refractivity contribution is 8.26. The lowest BCUT2D eigenvalue weighted by molar-refractivity contribution is -0.228. The summed E-state index contributed by atoms with van der Waals surface area (Å²) in [6.07, 6.45) is 0.738. The standard InChI is InChI=1S/C27H35F2NO6S.C24H30F2O5S/c1-7-21(33)36-27(22(34)37-23(35)30(5)6)14(2)10-16-17-12-19(28)18-11-15(31)8-9-24(18,3)26(17,29)20(32)13-25(16,27)4;1-5-19(29)31-24(20(30)32)12(2)8-14-15-10-17(25)16-9-13(27)6-7-21(16,3)23(15,26)18(28)11-22(14,24)4/h8-9,11,14,16-17,19-20,32H,7,10,12-13H2,1-6H3;6-7,9,12,14-15,17-18,28H,5,8,10-11H2,1-4H3,(H,30,32)/t14-,16?,17?,19-,20-,24-,25-,26-,27-;12-,14?,15?,17-,18-,21-,22-,23-,24-/m00/s1. The van der Waals surface area contributed by atoms with Crippen LogP contribution in [0.15, 0.2) is 47.6 Å². The molecule has 0 spiro atoms. The highest BCUT2D eigenvalue weighted by Gasteiger charge is 2.80. The summed E-state index contributed by atoms with van der Waals surface area (Å²) in [5.74, 6) is -6.30. The van der Waals surface area contributed by atoms with E-state index in [4.69, 9.17) is 9.47 Å². The topological polar surface area (TPSA) is 182 Å². The van der Waals surface area contributed by atoms with Gasteiger partial charge in [-0.3, -0.25) is 33.6 Å². The van der Waals surface area contributed by atoms with Gasteiger partial charge in [-0.1, -0.05) is 53.7 Å². The fourth-order valence-electron chi connectivity index (χ4n) is 15.2. The number of fused-ring (bicyclic) bond motifs is 10. The molecule has 12 nitrogen and oxygen atoms in total. The Morgan fingerprint density at radius 1 is 0.696 bits per heavy atom. The van der Waals surface area contributed by atoms with E-state index in [-0.39, 0.29) is 56.1 Å². The van der Waals surface area contributed by atoms with E-state index in [0.717, 1.165) is 12.2 Å². The number of ether oxygens (including phenoxy) is 2. The van der Waals surface area contributed by atoms with Crippen LogP contribution in [-0.4, -0.2) is 115 Å². The number of thiol groups is 1. The van der Waals surface area contributed by atoms with E-state index in [1.165, 1.54) is 57.1 Å². The third-order valence-corrected chi connectivity index (χ3v) is 20.0. The van der Waals surface area contributed by atoms with Crippen molar-refractivity contribution in [2.75, 3.05) is 14.1 Å². The summed E-state index contributed by atoms with van der Waals surface area (Å²) in [4.78, 5) is 89.5. The number of alkyl halides is 4. The van der Waals surface area contributed by atoms with Gasteiger partial charge < -0.3 is 24.6 Å². The molecule has 18 atom stereocenters. The molecule has 6 saturated carbocycles. The number of ketones is 2. The first-order valence-corrected chi connectivity index (χ1v) is 25.2. The van der Waals surface area contributed by atoms with E-state index in [1.807, 2.05) is 0 Å². The van der Waals surface area contributed by atoms with E-state index >= 15 is 17.6 Å². The molecular weight excluding hydrogens is 943 g/mol. The molecule has 18 heteroatoms. The number of halogens is 4. The van der Waals surface area contributed by atoms with Crippen LogP contribution < -0.4 is 0 Å². The van der Waals surface area contributed by atoms with Gasteiger partial charge in [0, 0.05) is 84.0 Å². The van der Waals surface area contributed by atoms with Crippen molar-refractivity contribution in [3.05, 3.63) is 47.6 Å². The summed E-state index contributed by atoms with van der Waals surface area (Å²) in [7, 11) is 2.99. The lowest BCUT2D eigenvalue weighted by Crippen LogP contribution is -2.70. The van der Waals surface area contributed by atoms with Gasteiger partial charge in [0.1, 0.15) is 12.3 Å². The first-order chi connectivity index (χ1) is 31.9. The first-order valence-electron chi connectivity index (χ1n) is 23.9. The van der Waals surface area contributed by atoms with Crippen LogP contribution in [0.25, 0.3) is 0 Å². The maximum absolute atomic E-state index is 17.4. The third-order valence-electron chi connectivity index (χ3n) is 18.6. The normalized spacial score (nSPS) is 46.7. The summed E-state index contributed by atoms with van der Waals surface area (Å²) in [5.41, 5.74) is -13.4. The van der Waals surface area contributed by atoms with Gasteiger partial charge in [0.05, 0.1) is 12.2 Å². The lowest BCUT2D eigenvalue weighted by Gasteiger charge is -2.63. The van der Waals surface area contributed by atoms with E-state index < -0.39 is 143 Å². The molecule has 0 heterocycles. The quantitative estimate of drug-likeness (QED) is 0.133. The Morgan fingerprint density at radius 3 is 1.45 bits per heavy atom. The average molecular weight is 1010 g/mol. The van der Waals surface area contributed by atoms with Crippen LogP contribution in [0.1, 0.15) is 107 Å². The Labute approximate surface area is 410 Å². The van der Waals surface area contributed by atoms with Crippen molar-refractivity contribution in [3.63, 3.8) is 0 Å². The van der Waals surface area contributed by atoms with Crippen molar-refractivity contribution >= 4 is 63.4 Å². The SMILES string of the molecule is CCC(=O)O[C@]1(C(=O)S)[C@@H](C)CC2C3C[C@H](F)C4=CC(=O)C=C[C@]4(C)[C@@]3(F)[C@@H](O)C[C@@]21C.CCC(=O)O[C@]1(C(=O)SC(=O)N(C)C)[C@@H](C)CC2C3C[C@H](F)C4=CC(=O)C=C[C@]4(C)[C@@]3(F)[C@@H](O)C[C@@]21C. The van der Waals surface area contributed by atoms with Gasteiger partial charge in [-0.05, 0) is 99.7 Å². The summed E-state index contributed by atoms with van der Waals surface area (Å²) >= 11 is 4.51. The van der Waals surface area contributed by atoms with Crippen molar-refractivity contribution < 1.29 is 70.8 Å². The molecule has 0 saturated heterocycles. The number of hydrogen-bond donors (Lipinski definition) is 3. The second kappa shape index (κ2) is 17.6. The van der Waals surface area contributed by atoms with Crippen LogP contribution in [-0.2, 0) is 38.2 Å². The first kappa shape index (κ1) is 53.2. The van der Waals surface area contributed by atoms with Gasteiger partial charge in [0.25, 0.3) is 5.24 Å². The summed E-state index contributed by atoms with van der Waals surface area (Å²) in [6, 6.07) is 0. The summed E-state index contributed by atoms with van der Waals surface area (Å²) < 4.78 is 77.3. The molecule has 0 bridgehead atoms. The zero-order valence-electron chi connectivity index (χ0n) is 40.8. The third kappa shape index (κ3) is 7.06. The van der Waals surface area contributed by atoms with Gasteiger partial charge in [0.15, 0.2) is 34.1 Å². The zero-order chi connectivity index (χ0) is 51.6. The second-order valence-corrected chi connectivity index (χ2v) is 23.3. The van der Waals surface area contributed by atoms with Crippen molar-refractivity contribution in [2.45, 2.75) is 154 Å². The number of thioether (sulfide) groups is 1. The highest BCUT2D eigenvalue weighted by atomic mass is 32.2. The number of esters is 2. The molecule has 0 aromatic carbocycles. The van der Waals surface area contributed by atoms with E-state index in [0.29, 0.717) is 18.2 Å². The molecule has 8 aliphatic rings. The molecule has 1 amide bonds. The summed E-state index contributed by atoms with van der Waals surface area (Å²) in [6.45, 7) is 13.1. The van der Waals surface area contributed by atoms with Crippen LogP contribution >= 0.6 is 24.4 Å². The number of aliphatic hydroxyl groups is 2. The fourth-order valence-corrected chi connectivity index (χ4v) is 16.7. The number of carbonyl (C=O) groups excluding carboxylic acids is 7. The Hall–Kier alpha value is -3.61. The predicted molar refractivity (Wildman–Crippen MR) is 250 cm³/mol. The lowest BCUT2D eigenvalue weighted by atomic mass is 9.44. The van der Waals surface area contributed by atoms with E-state index in [1.54, 1.807) is 41.5 Å². The van der Waals surface area contributed by atoms with Gasteiger partial charge in [-0.15, -0.1) is 12.6 Å². The molecular formula is C51H65F4NO11S2. The summed E-state index contributed by atoms with van der Waals surface area (Å²) in [5, 5.41) is 21.0. The molecule has 4 unspecified atom stereocenters. The monoisotopic (exact) mass is 1010 g/mol. The highest BCUT2D eigenvalue weighted by Crippen LogP contribution is 2.74. The van der Waals surface area contributed by atoms with Gasteiger partial charge in [-0.25, -0.2) is 17.6 Å². The van der Waals surface area contributed by atoms with Crippen LogP contribution in [0, 0.1) is 57.2 Å². The Balaban J connectivity index is 0.000000206. The van der Waals surface area contributed by atoms with Crippen LogP contribution in [0.5, 0.6) is 0 Å². The molecule has 2 N–H and O–H groups in total. The van der Waals surface area contributed by atoms with Crippen LogP contribution in [0.3, 0.4) is 0 Å². The Kier molecular flexibility index (Phi) is 13.5. The van der Waals surface area contributed by atoms with Crippen molar-refractivity contribution in [2.24, 2.45) is 57.2 Å². The average Bonchev–Trinajstić information content (AvgIpc) is 3.63. The minimum Gasteiger partial charge on any atom is -0.449 e. The fraction of sp³-hybridized carbons (Fsp3) is 0.706. The molecule has 8 rings (SSSR count). The number of hydrogen-bond acceptors (Lipinski definition) is 12. The number of nitrogens with zero attached hydrogens (tertiary/aromatic N) is 1. The smallest absolute Gasteiger partial charge is 0.306 e. The number of aliphatic hydroxyl groups excluding tert-OH is 2. The molecule has 0 aliphatic heterocycles. The molecule has 6 fully saturated rings. The van der Waals surface area contributed by atoms with Gasteiger partial charge >= 0.3 is 11.9 Å². The van der Waals surface area contributed by atoms with E-state index in [2.05, 4.69) is 12.6 Å². The molecule has 380 valence electrons. The largest absolute Gasteiger partial charge is 0.449 e. The number of carbonyl (C=O) groups is 7. The zero-order valence-corrected chi connectivity index (χ0v) is 42.5. The number of amides is 1. The molecule has 0 aromatic rings. The van der Waals surface area contributed by atoms with Crippen LogP contribution in [0.4, 0.5) is 22.4 Å². The minimum atomic E-state index is -2.32. The van der Waals surface area contributed by atoms with Crippen molar-refractivity contribution in [1.82, 2.24) is 4.90 Å². The predicted octanol–water partition coefficient (Wildman–Crippen LogP) is 7.88. The molecule has 8 aliphatic carbocycles. The van der Waals surface area contributed by atoms with Gasteiger partial charge in [-0.2, -0.15) is 0 Å². The number of rotatable bonds is 6. The second-order valence-electron chi connectivity index (χ2n) is 22.0. The maximum atomic E-state index is 17.4. The Morgan fingerprint density at radius 2 is 1.07 bits per heavy atom. The molecule has 0 aromatic heterocycles. The van der Waals surface area contributed by atoms with Crippen molar-refractivity contribution in [1.29, 1.82) is 0 Å². The van der Waals surface area contributed by atoms with E-state index in [9.17, 15) is 43.8 Å². The molecule has 0 radical (unpaired) electrons. The van der Waals surface area contributed by atoms with Crippen LogP contribution in [0.2, 0.25) is 0 Å². The minimum absolute atomic E-state index is 0.0133. The Bertz CT molecular complexity index is 2380. The van der Waals surface area contributed by atoms with Crippen molar-refractivity contribution in [3.8, 4) is 0 Å². The van der Waals surface area contributed by atoms with Gasteiger partial charge in [0.2, 0.25) is 10.2 Å². The number of allylic oxidation sites excluding steroid dienone is 8. The molecule has 69 heavy (non-hydrogen) atoms.